The third-order valence-electron chi connectivity index (χ3n) is 4.37. The number of aromatic nitrogens is 2. The van der Waals surface area contributed by atoms with Crippen LogP contribution >= 0.6 is 0 Å². The highest BCUT2D eigenvalue weighted by atomic mass is 32.2. The molecule has 7 nitrogen and oxygen atoms in total. The zero-order valence-electron chi connectivity index (χ0n) is 15.6. The molecule has 28 heavy (non-hydrogen) atoms. The number of aryl methyl sites for hydroxylation is 1. The first kappa shape index (κ1) is 18.1. The van der Waals surface area contributed by atoms with Crippen LogP contribution in [0.2, 0.25) is 0 Å². The summed E-state index contributed by atoms with van der Waals surface area (Å²) in [5, 5.41) is 0. The smallest absolute Gasteiger partial charge is 0.345 e. The highest BCUT2D eigenvalue weighted by Gasteiger charge is 2.26. The van der Waals surface area contributed by atoms with Gasteiger partial charge in [-0.05, 0) is 42.2 Å². The summed E-state index contributed by atoms with van der Waals surface area (Å²) >= 11 is 0. The molecule has 0 saturated carbocycles. The van der Waals surface area contributed by atoms with Crippen molar-refractivity contribution in [2.75, 3.05) is 18.4 Å². The summed E-state index contributed by atoms with van der Waals surface area (Å²) in [4.78, 5) is 11.4. The van der Waals surface area contributed by atoms with Crippen molar-refractivity contribution in [3.05, 3.63) is 66.4 Å². The molecule has 0 unspecified atom stereocenters. The van der Waals surface area contributed by atoms with E-state index in [0.717, 1.165) is 5.56 Å². The minimum Gasteiger partial charge on any atom is -0.345 e. The fraction of sp³-hybridized carbons (Fsp3) is 0.150. The molecule has 1 aromatic heterocycles. The van der Waals surface area contributed by atoms with Gasteiger partial charge in [0, 0.05) is 13.2 Å². The number of nitrogens with zero attached hydrogens (tertiary/aromatic N) is 4. The zero-order valence-corrected chi connectivity index (χ0v) is 16.4. The molecule has 142 valence electrons. The van der Waals surface area contributed by atoms with Crippen molar-refractivity contribution in [2.45, 2.75) is 11.8 Å². The van der Waals surface area contributed by atoms with Gasteiger partial charge in [-0.2, -0.15) is 0 Å². The number of hydrogen-bond donors (Lipinski definition) is 1. The third kappa shape index (κ3) is 3.59. The van der Waals surface area contributed by atoms with Gasteiger partial charge in [-0.25, -0.2) is 18.0 Å². The first-order valence-electron chi connectivity index (χ1n) is 8.77. The molecule has 2 aromatic carbocycles. The van der Waals surface area contributed by atoms with E-state index in [-0.39, 0.29) is 10.7 Å². The van der Waals surface area contributed by atoms with E-state index in [1.165, 1.54) is 0 Å². The molecule has 1 aliphatic heterocycles. The van der Waals surface area contributed by atoms with E-state index in [2.05, 4.69) is 14.7 Å². The van der Waals surface area contributed by atoms with E-state index in [1.54, 1.807) is 24.3 Å². The number of rotatable bonds is 4. The molecular weight excluding hydrogens is 374 g/mol. The average molecular weight is 394 g/mol. The van der Waals surface area contributed by atoms with Gasteiger partial charge in [-0.15, -0.1) is 0 Å². The van der Waals surface area contributed by atoms with Crippen LogP contribution in [-0.4, -0.2) is 47.8 Å². The number of fused-ring (bicyclic) bond motifs is 1. The Kier molecular flexibility index (Phi) is 4.56. The number of allylic oxidation sites excluding steroid dienone is 1. The van der Waals surface area contributed by atoms with Crippen LogP contribution in [0.15, 0.2) is 65.7 Å². The van der Waals surface area contributed by atoms with Crippen molar-refractivity contribution in [2.24, 2.45) is 0 Å². The molecule has 3 aromatic rings. The van der Waals surface area contributed by atoms with E-state index in [1.807, 2.05) is 66.2 Å². The van der Waals surface area contributed by atoms with Gasteiger partial charge in [0.05, 0.1) is 11.1 Å². The quantitative estimate of drug-likeness (QED) is 0.689. The molecule has 4 rings (SSSR count). The lowest BCUT2D eigenvalue weighted by Crippen LogP contribution is -2.27. The topological polar surface area (TPSA) is 78.2 Å². The number of benzene rings is 2. The summed E-state index contributed by atoms with van der Waals surface area (Å²) in [6.45, 7) is 2.44. The van der Waals surface area contributed by atoms with Crippen LogP contribution in [0.25, 0.3) is 11.0 Å². The van der Waals surface area contributed by atoms with Crippen LogP contribution in [0.4, 0.5) is 11.6 Å². The van der Waals surface area contributed by atoms with Crippen LogP contribution in [0.1, 0.15) is 5.56 Å². The SMILES string of the molecule is Cc1ccc(S(=O)(=O)Nc2nc3ccccc3nc2[N+]2=CC=CN(C)C2)cc1. The largest absolute Gasteiger partial charge is 0.369 e. The normalized spacial score (nSPS) is 14.2. The van der Waals surface area contributed by atoms with Crippen LogP contribution < -0.4 is 4.72 Å². The van der Waals surface area contributed by atoms with E-state index >= 15 is 0 Å². The van der Waals surface area contributed by atoms with Crippen molar-refractivity contribution >= 4 is 38.9 Å². The van der Waals surface area contributed by atoms with Crippen LogP contribution in [0.5, 0.6) is 0 Å². The lowest BCUT2D eigenvalue weighted by Gasteiger charge is -2.18. The molecule has 0 amide bonds. The lowest BCUT2D eigenvalue weighted by atomic mass is 10.2. The lowest BCUT2D eigenvalue weighted by molar-refractivity contribution is -0.461. The summed E-state index contributed by atoms with van der Waals surface area (Å²) in [7, 11) is -1.87. The first-order chi connectivity index (χ1) is 13.4. The van der Waals surface area contributed by atoms with Gasteiger partial charge in [0.15, 0.2) is 6.67 Å². The fourth-order valence-corrected chi connectivity index (χ4v) is 3.93. The summed E-state index contributed by atoms with van der Waals surface area (Å²) in [6, 6.07) is 14.1. The van der Waals surface area contributed by atoms with Crippen molar-refractivity contribution in [3.8, 4) is 0 Å². The molecule has 1 aliphatic rings. The molecule has 1 N–H and O–H groups in total. The van der Waals surface area contributed by atoms with Gasteiger partial charge >= 0.3 is 5.82 Å². The number of anilines is 1. The van der Waals surface area contributed by atoms with Crippen LogP contribution in [0, 0.1) is 6.92 Å². The molecule has 0 spiro atoms. The van der Waals surface area contributed by atoms with E-state index in [4.69, 9.17) is 0 Å². The van der Waals surface area contributed by atoms with Crippen LogP contribution in [0.3, 0.4) is 0 Å². The van der Waals surface area contributed by atoms with Gasteiger partial charge in [-0.1, -0.05) is 29.8 Å². The Morgan fingerprint density at radius 3 is 2.39 bits per heavy atom. The molecule has 0 saturated heterocycles. The van der Waals surface area contributed by atoms with Gasteiger partial charge < -0.3 is 4.90 Å². The summed E-state index contributed by atoms with van der Waals surface area (Å²) in [5.74, 6) is 0.643. The van der Waals surface area contributed by atoms with E-state index in [9.17, 15) is 8.42 Å². The second-order valence-corrected chi connectivity index (χ2v) is 8.34. The first-order valence-corrected chi connectivity index (χ1v) is 10.3. The van der Waals surface area contributed by atoms with Crippen molar-refractivity contribution in [1.82, 2.24) is 14.9 Å². The fourth-order valence-electron chi connectivity index (χ4n) is 2.92. The predicted molar refractivity (Wildman–Crippen MR) is 109 cm³/mol. The summed E-state index contributed by atoms with van der Waals surface area (Å²) < 4.78 is 30.3. The Morgan fingerprint density at radius 1 is 1.04 bits per heavy atom. The maximum absolute atomic E-state index is 12.9. The third-order valence-corrected chi connectivity index (χ3v) is 5.72. The maximum atomic E-state index is 12.9. The van der Waals surface area contributed by atoms with Gasteiger partial charge in [0.2, 0.25) is 11.3 Å². The minimum atomic E-state index is -3.80. The molecule has 0 atom stereocenters. The second-order valence-electron chi connectivity index (χ2n) is 6.66. The number of sulfonamides is 1. The molecule has 0 radical (unpaired) electrons. The van der Waals surface area contributed by atoms with Crippen molar-refractivity contribution in [3.63, 3.8) is 0 Å². The Balaban J connectivity index is 1.83. The molecule has 2 heterocycles. The molecule has 8 heteroatoms. The number of para-hydroxylation sites is 2. The van der Waals surface area contributed by atoms with Gasteiger partial charge in [0.25, 0.3) is 10.0 Å². The van der Waals surface area contributed by atoms with Crippen molar-refractivity contribution in [1.29, 1.82) is 0 Å². The monoisotopic (exact) mass is 394 g/mol. The predicted octanol–water partition coefficient (Wildman–Crippen LogP) is 2.87. The van der Waals surface area contributed by atoms with Gasteiger partial charge in [0.1, 0.15) is 5.52 Å². The van der Waals surface area contributed by atoms with E-state index < -0.39 is 10.0 Å². The molecule has 0 bridgehead atoms. The Hall–Kier alpha value is -3.26. The second kappa shape index (κ2) is 7.05. The minimum absolute atomic E-state index is 0.179. The zero-order chi connectivity index (χ0) is 19.7. The molecule has 0 aliphatic carbocycles. The Morgan fingerprint density at radius 2 is 1.71 bits per heavy atom. The number of hydrogen-bond acceptors (Lipinski definition) is 5. The summed E-state index contributed by atoms with van der Waals surface area (Å²) in [5.41, 5.74) is 2.30. The standard InChI is InChI=1S/C20H20N5O2S/c1-15-8-10-16(11-9-15)28(26,27)23-19-20(25-13-5-12-24(2)14-25)22-18-7-4-3-6-17(18)21-19/h3-13H,14H2,1-2H3,(H,21,23)/q+1. The highest BCUT2D eigenvalue weighted by molar-refractivity contribution is 7.92. The molecular formula is C20H20N5O2S+. The van der Waals surface area contributed by atoms with Gasteiger partial charge in [-0.3, -0.25) is 4.72 Å². The maximum Gasteiger partial charge on any atom is 0.369 e. The number of nitrogens with one attached hydrogen (secondary N) is 1. The highest BCUT2D eigenvalue weighted by Crippen LogP contribution is 2.26. The molecule has 0 fully saturated rings. The van der Waals surface area contributed by atoms with Crippen LogP contribution in [-0.2, 0) is 10.0 Å². The van der Waals surface area contributed by atoms with Crippen molar-refractivity contribution < 1.29 is 13.0 Å². The summed E-state index contributed by atoms with van der Waals surface area (Å²) in [6.07, 6.45) is 5.65. The Bertz CT molecular complexity index is 1200. The Labute approximate surface area is 163 Å². The van der Waals surface area contributed by atoms with E-state index in [0.29, 0.717) is 23.5 Å². The average Bonchev–Trinajstić information content (AvgIpc) is 2.67.